The lowest BCUT2D eigenvalue weighted by molar-refractivity contribution is -0.00501. The number of halogens is 2. The number of likely N-dealkylation sites (tertiary alicyclic amines) is 1. The van der Waals surface area contributed by atoms with Crippen LogP contribution in [0.5, 0.6) is 0 Å². The number of pyridine rings is 1. The normalized spacial score (nSPS) is 21.5. The van der Waals surface area contributed by atoms with Gasteiger partial charge in [0.1, 0.15) is 10.3 Å². The van der Waals surface area contributed by atoms with Crippen LogP contribution in [-0.4, -0.2) is 33.2 Å². The number of rotatable bonds is 3. The van der Waals surface area contributed by atoms with E-state index in [1.165, 1.54) is 0 Å². The van der Waals surface area contributed by atoms with Gasteiger partial charge in [0.15, 0.2) is 0 Å². The monoisotopic (exact) mass is 288 g/mol. The lowest BCUT2D eigenvalue weighted by Gasteiger charge is -2.33. The van der Waals surface area contributed by atoms with Crippen LogP contribution in [0.2, 0.25) is 10.3 Å². The highest BCUT2D eigenvalue weighted by molar-refractivity contribution is 6.32. The molecule has 0 radical (unpaired) electrons. The molecule has 1 aromatic rings. The van der Waals surface area contributed by atoms with Gasteiger partial charge < -0.3 is 5.11 Å². The zero-order valence-corrected chi connectivity index (χ0v) is 12.2. The number of nitrogens with zero attached hydrogens (tertiary/aromatic N) is 2. The first-order chi connectivity index (χ1) is 8.36. The van der Waals surface area contributed by atoms with Gasteiger partial charge in [-0.2, -0.15) is 0 Å². The summed E-state index contributed by atoms with van der Waals surface area (Å²) in [5, 5.41) is 11.0. The van der Waals surface area contributed by atoms with Gasteiger partial charge in [0.25, 0.3) is 0 Å². The van der Waals surface area contributed by atoms with Crippen LogP contribution in [0.3, 0.4) is 0 Å². The van der Waals surface area contributed by atoms with Crippen molar-refractivity contribution in [3.63, 3.8) is 0 Å². The molecule has 0 amide bonds. The maximum absolute atomic E-state index is 10.2. The van der Waals surface area contributed by atoms with E-state index in [4.69, 9.17) is 23.2 Å². The first kappa shape index (κ1) is 14.1. The van der Waals surface area contributed by atoms with Crippen LogP contribution in [0.1, 0.15) is 32.3 Å². The van der Waals surface area contributed by atoms with Crippen molar-refractivity contribution in [3.8, 4) is 0 Å². The van der Waals surface area contributed by atoms with E-state index in [0.717, 1.165) is 31.5 Å². The second-order valence-corrected chi connectivity index (χ2v) is 6.18. The van der Waals surface area contributed by atoms with Gasteiger partial charge >= 0.3 is 0 Å². The molecule has 1 N–H and O–H groups in total. The third-order valence-corrected chi connectivity index (χ3v) is 3.77. The van der Waals surface area contributed by atoms with Gasteiger partial charge in [-0.15, -0.1) is 0 Å². The Morgan fingerprint density at radius 1 is 1.39 bits per heavy atom. The van der Waals surface area contributed by atoms with Crippen molar-refractivity contribution in [2.75, 3.05) is 6.54 Å². The molecule has 1 saturated heterocycles. The van der Waals surface area contributed by atoms with E-state index in [2.05, 4.69) is 9.88 Å². The zero-order chi connectivity index (χ0) is 13.3. The molecule has 2 heterocycles. The molecular formula is C13H18Cl2N2O. The average Bonchev–Trinajstić information content (AvgIpc) is 2.63. The smallest absolute Gasteiger partial charge is 0.131 e. The standard InChI is InChI=1S/C13H18Cl2N2O/c1-13(2,18)10-4-3-5-17(10)8-9-6-11(14)16-12(15)7-9/h6-7,10,18H,3-5,8H2,1-2H3. The molecule has 1 atom stereocenters. The van der Waals surface area contributed by atoms with Crippen molar-refractivity contribution in [3.05, 3.63) is 28.0 Å². The lowest BCUT2D eigenvalue weighted by atomic mass is 9.96. The van der Waals surface area contributed by atoms with Gasteiger partial charge in [0, 0.05) is 12.6 Å². The number of aromatic nitrogens is 1. The van der Waals surface area contributed by atoms with Gasteiger partial charge in [-0.3, -0.25) is 4.90 Å². The number of aliphatic hydroxyl groups is 1. The molecule has 0 saturated carbocycles. The summed E-state index contributed by atoms with van der Waals surface area (Å²) in [5.74, 6) is 0. The minimum atomic E-state index is -0.683. The Morgan fingerprint density at radius 3 is 2.56 bits per heavy atom. The largest absolute Gasteiger partial charge is 0.389 e. The van der Waals surface area contributed by atoms with Gasteiger partial charge in [-0.25, -0.2) is 4.98 Å². The molecule has 1 aliphatic rings. The summed E-state index contributed by atoms with van der Waals surface area (Å²) in [5.41, 5.74) is 0.355. The summed E-state index contributed by atoms with van der Waals surface area (Å²) < 4.78 is 0. The van der Waals surface area contributed by atoms with Crippen LogP contribution in [0.4, 0.5) is 0 Å². The van der Waals surface area contributed by atoms with Crippen molar-refractivity contribution in [1.29, 1.82) is 0 Å². The SMILES string of the molecule is CC(C)(O)C1CCCN1Cc1cc(Cl)nc(Cl)c1. The fourth-order valence-electron chi connectivity index (χ4n) is 2.66. The summed E-state index contributed by atoms with van der Waals surface area (Å²) >= 11 is 11.8. The Hall–Kier alpha value is -0.350. The minimum Gasteiger partial charge on any atom is -0.389 e. The Bertz CT molecular complexity index is 411. The molecule has 0 spiro atoms. The van der Waals surface area contributed by atoms with Crippen LogP contribution in [0.25, 0.3) is 0 Å². The van der Waals surface area contributed by atoms with E-state index >= 15 is 0 Å². The maximum Gasteiger partial charge on any atom is 0.131 e. The summed E-state index contributed by atoms with van der Waals surface area (Å²) in [7, 11) is 0. The second kappa shape index (κ2) is 5.33. The van der Waals surface area contributed by atoms with Crippen LogP contribution >= 0.6 is 23.2 Å². The number of hydrogen-bond acceptors (Lipinski definition) is 3. The summed E-state index contributed by atoms with van der Waals surface area (Å²) in [6.07, 6.45) is 2.14. The van der Waals surface area contributed by atoms with Gasteiger partial charge in [-0.05, 0) is 50.9 Å². The highest BCUT2D eigenvalue weighted by Gasteiger charge is 2.35. The molecule has 0 bridgehead atoms. The molecule has 2 rings (SSSR count). The molecule has 1 unspecified atom stereocenters. The molecule has 0 aliphatic carbocycles. The van der Waals surface area contributed by atoms with Crippen LogP contribution in [0, 0.1) is 0 Å². The van der Waals surface area contributed by atoms with Crippen LogP contribution in [-0.2, 0) is 6.54 Å². The van der Waals surface area contributed by atoms with E-state index in [-0.39, 0.29) is 6.04 Å². The molecular weight excluding hydrogens is 271 g/mol. The van der Waals surface area contributed by atoms with Crippen LogP contribution < -0.4 is 0 Å². The first-order valence-corrected chi connectivity index (χ1v) is 6.90. The van der Waals surface area contributed by atoms with E-state index in [1.807, 2.05) is 26.0 Å². The predicted octanol–water partition coefficient (Wildman–Crippen LogP) is 3.12. The summed E-state index contributed by atoms with van der Waals surface area (Å²) in [6, 6.07) is 3.84. The fourth-order valence-corrected chi connectivity index (χ4v) is 3.16. The Kier molecular flexibility index (Phi) is 4.17. The van der Waals surface area contributed by atoms with Crippen molar-refractivity contribution >= 4 is 23.2 Å². The first-order valence-electron chi connectivity index (χ1n) is 6.14. The molecule has 1 fully saturated rings. The molecule has 1 aromatic heterocycles. The molecule has 0 aromatic carbocycles. The van der Waals surface area contributed by atoms with Crippen molar-refractivity contribution < 1.29 is 5.11 Å². The van der Waals surface area contributed by atoms with E-state index in [1.54, 1.807) is 0 Å². The summed E-state index contributed by atoms with van der Waals surface area (Å²) in [4.78, 5) is 6.22. The Labute approximate surface area is 118 Å². The van der Waals surface area contributed by atoms with E-state index in [0.29, 0.717) is 10.3 Å². The zero-order valence-electron chi connectivity index (χ0n) is 10.7. The van der Waals surface area contributed by atoms with Gasteiger partial charge in [0.05, 0.1) is 5.60 Å². The van der Waals surface area contributed by atoms with Crippen molar-refractivity contribution in [2.45, 2.75) is 44.9 Å². The Balaban J connectivity index is 2.13. The number of hydrogen-bond donors (Lipinski definition) is 1. The van der Waals surface area contributed by atoms with E-state index < -0.39 is 5.60 Å². The fraction of sp³-hybridized carbons (Fsp3) is 0.615. The second-order valence-electron chi connectivity index (χ2n) is 5.40. The molecule has 5 heteroatoms. The molecule has 100 valence electrons. The van der Waals surface area contributed by atoms with E-state index in [9.17, 15) is 5.11 Å². The topological polar surface area (TPSA) is 36.4 Å². The third kappa shape index (κ3) is 3.35. The summed E-state index contributed by atoms with van der Waals surface area (Å²) in [6.45, 7) is 5.47. The quantitative estimate of drug-likeness (QED) is 0.869. The minimum absolute atomic E-state index is 0.184. The lowest BCUT2D eigenvalue weighted by Crippen LogP contribution is -2.45. The highest BCUT2D eigenvalue weighted by Crippen LogP contribution is 2.28. The molecule has 3 nitrogen and oxygen atoms in total. The molecule has 1 aliphatic heterocycles. The highest BCUT2D eigenvalue weighted by atomic mass is 35.5. The average molecular weight is 289 g/mol. The van der Waals surface area contributed by atoms with Crippen molar-refractivity contribution in [1.82, 2.24) is 9.88 Å². The van der Waals surface area contributed by atoms with Crippen molar-refractivity contribution in [2.24, 2.45) is 0 Å². The third-order valence-electron chi connectivity index (χ3n) is 3.39. The van der Waals surface area contributed by atoms with Gasteiger partial charge in [0.2, 0.25) is 0 Å². The van der Waals surface area contributed by atoms with Crippen LogP contribution in [0.15, 0.2) is 12.1 Å². The maximum atomic E-state index is 10.2. The predicted molar refractivity (Wildman–Crippen MR) is 74.0 cm³/mol. The Morgan fingerprint density at radius 2 is 2.00 bits per heavy atom. The molecule has 18 heavy (non-hydrogen) atoms. The van der Waals surface area contributed by atoms with Gasteiger partial charge in [-0.1, -0.05) is 23.2 Å².